The number of carbonyl (C=O) groups is 1. The van der Waals surface area contributed by atoms with Gasteiger partial charge in [0.2, 0.25) is 0 Å². The van der Waals surface area contributed by atoms with Gasteiger partial charge in [-0.25, -0.2) is 0 Å². The van der Waals surface area contributed by atoms with Crippen LogP contribution in [0.3, 0.4) is 0 Å². The number of aliphatic hydroxyl groups excluding tert-OH is 1. The minimum Gasteiger partial charge on any atom is -0.547 e. The molecule has 102 valence electrons. The molecule has 0 aromatic rings. The number of aliphatic carboxylic acids is 1. The second-order valence-electron chi connectivity index (χ2n) is 4.81. The first kappa shape index (κ1) is 16.4. The molecule has 0 fully saturated rings. The summed E-state index contributed by atoms with van der Waals surface area (Å²) in [6, 6.07) is 0. The Kier molecular flexibility index (Phi) is 11.5. The van der Waals surface area contributed by atoms with Crippen molar-refractivity contribution in [1.29, 1.82) is 0 Å². The summed E-state index contributed by atoms with van der Waals surface area (Å²) in [5.41, 5.74) is 0. The van der Waals surface area contributed by atoms with Crippen molar-refractivity contribution in [2.24, 2.45) is 0 Å². The number of carbonyl (C=O) groups excluding carboxylic acids is 1. The average Bonchev–Trinajstić information content (AvgIpc) is 2.31. The van der Waals surface area contributed by atoms with E-state index in [2.05, 4.69) is 6.92 Å². The van der Waals surface area contributed by atoms with Gasteiger partial charge in [0, 0.05) is 0 Å². The highest BCUT2D eigenvalue weighted by Crippen LogP contribution is 2.11. The summed E-state index contributed by atoms with van der Waals surface area (Å²) < 4.78 is 0. The molecule has 0 aliphatic rings. The number of aliphatic hydroxyl groups is 1. The average molecular weight is 243 g/mol. The normalized spacial score (nSPS) is 12.6. The summed E-state index contributed by atoms with van der Waals surface area (Å²) in [5, 5.41) is 19.2. The molecule has 0 heterocycles. The van der Waals surface area contributed by atoms with Crippen molar-refractivity contribution in [2.45, 2.75) is 83.7 Å². The van der Waals surface area contributed by atoms with Crippen molar-refractivity contribution in [3.8, 4) is 0 Å². The molecule has 1 N–H and O–H groups in total. The third kappa shape index (κ3) is 11.7. The highest BCUT2D eigenvalue weighted by Gasteiger charge is 2.03. The lowest BCUT2D eigenvalue weighted by Crippen LogP contribution is -2.35. The Labute approximate surface area is 105 Å². The Morgan fingerprint density at radius 1 is 0.941 bits per heavy atom. The van der Waals surface area contributed by atoms with Crippen molar-refractivity contribution in [3.63, 3.8) is 0 Å². The fourth-order valence-electron chi connectivity index (χ4n) is 1.94. The number of rotatable bonds is 12. The maximum absolute atomic E-state index is 10.2. The summed E-state index contributed by atoms with van der Waals surface area (Å²) in [6.07, 6.45) is 11.2. The van der Waals surface area contributed by atoms with Crippen molar-refractivity contribution in [2.75, 3.05) is 0 Å². The minimum absolute atomic E-state index is 0.332. The molecule has 0 aromatic heterocycles. The predicted molar refractivity (Wildman–Crippen MR) is 67.5 cm³/mol. The molecule has 3 heteroatoms. The van der Waals surface area contributed by atoms with Gasteiger partial charge in [-0.3, -0.25) is 0 Å². The van der Waals surface area contributed by atoms with Gasteiger partial charge >= 0.3 is 0 Å². The molecule has 17 heavy (non-hydrogen) atoms. The summed E-state index contributed by atoms with van der Waals surface area (Å²) in [6.45, 7) is 2.22. The third-order valence-electron chi connectivity index (χ3n) is 3.10. The van der Waals surface area contributed by atoms with E-state index in [9.17, 15) is 9.90 Å². The van der Waals surface area contributed by atoms with E-state index in [0.717, 1.165) is 19.3 Å². The second kappa shape index (κ2) is 11.9. The summed E-state index contributed by atoms with van der Waals surface area (Å²) in [7, 11) is 0. The van der Waals surface area contributed by atoms with E-state index in [4.69, 9.17) is 5.11 Å². The molecule has 1 unspecified atom stereocenters. The van der Waals surface area contributed by atoms with E-state index in [1.807, 2.05) is 0 Å². The maximum Gasteiger partial charge on any atom is 0.0933 e. The van der Waals surface area contributed by atoms with E-state index >= 15 is 0 Å². The molecule has 0 radical (unpaired) electrons. The Balaban J connectivity index is 3.06. The molecule has 0 bridgehead atoms. The topological polar surface area (TPSA) is 60.4 Å². The van der Waals surface area contributed by atoms with E-state index in [-0.39, 0.29) is 0 Å². The van der Waals surface area contributed by atoms with Crippen LogP contribution in [0.15, 0.2) is 0 Å². The molecule has 0 aliphatic heterocycles. The van der Waals surface area contributed by atoms with Crippen LogP contribution in [0.25, 0.3) is 0 Å². The van der Waals surface area contributed by atoms with Gasteiger partial charge in [-0.1, -0.05) is 71.1 Å². The third-order valence-corrected chi connectivity index (χ3v) is 3.10. The van der Waals surface area contributed by atoms with Gasteiger partial charge in [0.25, 0.3) is 0 Å². The van der Waals surface area contributed by atoms with Gasteiger partial charge in [-0.05, 0) is 6.42 Å². The largest absolute Gasteiger partial charge is 0.547 e. The van der Waals surface area contributed by atoms with Crippen LogP contribution in [0.5, 0.6) is 0 Å². The smallest absolute Gasteiger partial charge is 0.0933 e. The molecular weight excluding hydrogens is 216 g/mol. The second-order valence-corrected chi connectivity index (χ2v) is 4.81. The van der Waals surface area contributed by atoms with Crippen LogP contribution in [0, 0.1) is 0 Å². The number of hydrogen-bond acceptors (Lipinski definition) is 3. The van der Waals surface area contributed by atoms with Gasteiger partial charge in [-0.15, -0.1) is 0 Å². The Bertz CT molecular complexity index is 180. The molecule has 0 amide bonds. The first-order chi connectivity index (χ1) is 8.18. The fourth-order valence-corrected chi connectivity index (χ4v) is 1.94. The van der Waals surface area contributed by atoms with Gasteiger partial charge < -0.3 is 15.0 Å². The van der Waals surface area contributed by atoms with Gasteiger partial charge in [0.1, 0.15) is 0 Å². The molecule has 0 aromatic carbocycles. The molecule has 0 spiro atoms. The number of unbranched alkanes of at least 4 members (excludes halogenated alkanes) is 9. The van der Waals surface area contributed by atoms with Gasteiger partial charge in [0.05, 0.1) is 12.1 Å². The van der Waals surface area contributed by atoms with E-state index < -0.39 is 12.1 Å². The van der Waals surface area contributed by atoms with E-state index in [0.29, 0.717) is 6.42 Å². The Morgan fingerprint density at radius 3 is 1.76 bits per heavy atom. The van der Waals surface area contributed by atoms with Crippen LogP contribution >= 0.6 is 0 Å². The Hall–Kier alpha value is -0.570. The fraction of sp³-hybridized carbons (Fsp3) is 0.929. The first-order valence-electron chi connectivity index (χ1n) is 7.07. The van der Waals surface area contributed by atoms with Crippen molar-refractivity contribution < 1.29 is 15.0 Å². The van der Waals surface area contributed by atoms with Crippen LogP contribution in [0.2, 0.25) is 0 Å². The zero-order valence-corrected chi connectivity index (χ0v) is 11.1. The van der Waals surface area contributed by atoms with Crippen LogP contribution in [0.1, 0.15) is 77.6 Å². The quantitative estimate of drug-likeness (QED) is 0.535. The highest BCUT2D eigenvalue weighted by atomic mass is 16.4. The molecule has 1 atom stereocenters. The first-order valence-corrected chi connectivity index (χ1v) is 7.07. The monoisotopic (exact) mass is 243 g/mol. The summed E-state index contributed by atoms with van der Waals surface area (Å²) in [5.74, 6) is -1.35. The van der Waals surface area contributed by atoms with Crippen molar-refractivity contribution in [1.82, 2.24) is 0 Å². The van der Waals surface area contributed by atoms with Crippen molar-refractivity contribution in [3.05, 3.63) is 0 Å². The lowest BCUT2D eigenvalue weighted by Gasteiger charge is -2.10. The SMILES string of the molecule is CCCCCCCCCCCCC(O)C(=O)[O-]. The number of carboxylic acids is 1. The summed E-state index contributed by atoms with van der Waals surface area (Å²) in [4.78, 5) is 10.2. The van der Waals surface area contributed by atoms with E-state index in [1.54, 1.807) is 0 Å². The number of hydrogen-bond donors (Lipinski definition) is 1. The van der Waals surface area contributed by atoms with Crippen LogP contribution in [0.4, 0.5) is 0 Å². The molecule has 3 nitrogen and oxygen atoms in total. The lowest BCUT2D eigenvalue weighted by molar-refractivity contribution is -0.315. The van der Waals surface area contributed by atoms with Crippen LogP contribution in [-0.4, -0.2) is 17.2 Å². The molecular formula is C14H27O3-. The Morgan fingerprint density at radius 2 is 1.35 bits per heavy atom. The van der Waals surface area contributed by atoms with Gasteiger partial charge in [0.15, 0.2) is 0 Å². The standard InChI is InChI=1S/C14H28O3/c1-2-3-4-5-6-7-8-9-10-11-12-13(15)14(16)17/h13,15H,2-12H2,1H3,(H,16,17)/p-1. The van der Waals surface area contributed by atoms with Crippen LogP contribution < -0.4 is 5.11 Å². The lowest BCUT2D eigenvalue weighted by atomic mass is 10.0. The van der Waals surface area contributed by atoms with Crippen molar-refractivity contribution >= 4 is 5.97 Å². The van der Waals surface area contributed by atoms with Crippen LogP contribution in [-0.2, 0) is 4.79 Å². The zero-order valence-electron chi connectivity index (χ0n) is 11.1. The summed E-state index contributed by atoms with van der Waals surface area (Å²) >= 11 is 0. The molecule has 0 saturated carbocycles. The maximum atomic E-state index is 10.2. The molecule has 0 rings (SSSR count). The van der Waals surface area contributed by atoms with E-state index in [1.165, 1.54) is 44.9 Å². The minimum atomic E-state index is -1.35. The zero-order chi connectivity index (χ0) is 12.9. The van der Waals surface area contributed by atoms with Gasteiger partial charge in [-0.2, -0.15) is 0 Å². The molecule has 0 aliphatic carbocycles. The molecule has 0 saturated heterocycles. The number of carboxylic acid groups (broad SMARTS) is 1. The predicted octanol–water partition coefficient (Wildman–Crippen LogP) is 2.41. The highest BCUT2D eigenvalue weighted by molar-refractivity contribution is 5.69.